The van der Waals surface area contributed by atoms with E-state index in [1.54, 1.807) is 24.3 Å². The summed E-state index contributed by atoms with van der Waals surface area (Å²) in [5.74, 6) is -0.483. The van der Waals surface area contributed by atoms with Crippen LogP contribution in [0.2, 0.25) is 0 Å². The van der Waals surface area contributed by atoms with Crippen LogP contribution in [0.15, 0.2) is 90.0 Å². The molecule has 5 nitrogen and oxygen atoms in total. The van der Waals surface area contributed by atoms with E-state index in [-0.39, 0.29) is 11.4 Å². The van der Waals surface area contributed by atoms with Gasteiger partial charge in [-0.2, -0.15) is 0 Å². The zero-order chi connectivity index (χ0) is 21.8. The summed E-state index contributed by atoms with van der Waals surface area (Å²) in [6.07, 6.45) is 2.07. The Hall–Kier alpha value is -3.38. The van der Waals surface area contributed by atoms with Crippen LogP contribution < -0.4 is 9.62 Å². The Kier molecular flexibility index (Phi) is 5.91. The number of anilines is 1. The standard InChI is InChI=1S/C25H24N2O3S/c1-19-8-7-11-21(16-19)18-27-23-13-6-5-12-22(23)25(28)24(31(27,29)30)17-26-15-14-20-9-3-2-4-10-20/h2-13,16-17,26H,14-15,18H2,1H3. The second-order valence-electron chi connectivity index (χ2n) is 7.55. The van der Waals surface area contributed by atoms with Crippen molar-refractivity contribution >= 4 is 21.5 Å². The topological polar surface area (TPSA) is 66.5 Å². The summed E-state index contributed by atoms with van der Waals surface area (Å²) in [5, 5.41) is 3.03. The Morgan fingerprint density at radius 2 is 1.61 bits per heavy atom. The number of aryl methyl sites for hydroxylation is 1. The first-order valence-electron chi connectivity index (χ1n) is 10.2. The number of fused-ring (bicyclic) bond motifs is 1. The molecule has 3 aromatic carbocycles. The van der Waals surface area contributed by atoms with Crippen LogP contribution in [0.4, 0.5) is 5.69 Å². The second kappa shape index (κ2) is 8.78. The van der Waals surface area contributed by atoms with Gasteiger partial charge in [0.2, 0.25) is 5.78 Å². The lowest BCUT2D eigenvalue weighted by Gasteiger charge is -2.31. The fourth-order valence-electron chi connectivity index (χ4n) is 3.69. The average Bonchev–Trinajstić information content (AvgIpc) is 2.77. The number of hydrogen-bond acceptors (Lipinski definition) is 4. The van der Waals surface area contributed by atoms with Gasteiger partial charge in [0.25, 0.3) is 10.0 Å². The summed E-state index contributed by atoms with van der Waals surface area (Å²) in [7, 11) is -4.00. The highest BCUT2D eigenvalue weighted by Gasteiger charge is 2.39. The molecule has 1 heterocycles. The number of ketones is 1. The predicted octanol–water partition coefficient (Wildman–Crippen LogP) is 4.20. The predicted molar refractivity (Wildman–Crippen MR) is 123 cm³/mol. The lowest BCUT2D eigenvalue weighted by molar-refractivity contribution is 0.104. The Morgan fingerprint density at radius 3 is 2.39 bits per heavy atom. The minimum atomic E-state index is -4.00. The van der Waals surface area contributed by atoms with Crippen LogP contribution in [0.25, 0.3) is 0 Å². The minimum absolute atomic E-state index is 0.162. The number of Topliss-reactive ketones (excluding diaryl/α,β-unsaturated/α-hetero) is 1. The lowest BCUT2D eigenvalue weighted by atomic mass is 10.1. The number of carbonyl (C=O) groups excluding carboxylic acids is 1. The first-order valence-corrected chi connectivity index (χ1v) is 11.6. The molecule has 0 saturated carbocycles. The number of hydrogen-bond donors (Lipinski definition) is 1. The SMILES string of the molecule is Cc1cccc(CN2c3ccccc3C(=O)C(=CNCCc3ccccc3)S2(=O)=O)c1. The summed E-state index contributed by atoms with van der Waals surface area (Å²) in [5.41, 5.74) is 3.85. The molecule has 0 unspecified atom stereocenters. The molecule has 0 radical (unpaired) electrons. The molecule has 1 aliphatic rings. The van der Waals surface area contributed by atoms with E-state index < -0.39 is 15.8 Å². The van der Waals surface area contributed by atoms with Gasteiger partial charge >= 0.3 is 0 Å². The molecular weight excluding hydrogens is 408 g/mol. The molecule has 0 aliphatic carbocycles. The third-order valence-corrected chi connectivity index (χ3v) is 7.02. The van der Waals surface area contributed by atoms with Crippen LogP contribution in [0.1, 0.15) is 27.0 Å². The molecule has 1 aliphatic heterocycles. The first kappa shape index (κ1) is 20.9. The Bertz CT molecular complexity index is 1230. The number of nitrogens with one attached hydrogen (secondary N) is 1. The maximum absolute atomic E-state index is 13.4. The fraction of sp³-hybridized carbons (Fsp3) is 0.160. The number of sulfonamides is 1. The quantitative estimate of drug-likeness (QED) is 0.468. The largest absolute Gasteiger partial charge is 0.389 e. The van der Waals surface area contributed by atoms with Crippen molar-refractivity contribution in [2.24, 2.45) is 0 Å². The molecule has 0 saturated heterocycles. The van der Waals surface area contributed by atoms with E-state index in [2.05, 4.69) is 5.32 Å². The number of carbonyl (C=O) groups is 1. The number of allylic oxidation sites excluding steroid dienone is 1. The van der Waals surface area contributed by atoms with Crippen molar-refractivity contribution in [2.75, 3.05) is 10.8 Å². The molecule has 0 amide bonds. The van der Waals surface area contributed by atoms with Crippen molar-refractivity contribution in [3.8, 4) is 0 Å². The molecule has 0 bridgehead atoms. The van der Waals surface area contributed by atoms with Crippen LogP contribution in [-0.4, -0.2) is 20.7 Å². The van der Waals surface area contributed by atoms with Crippen molar-refractivity contribution in [3.05, 3.63) is 112 Å². The highest BCUT2D eigenvalue weighted by molar-refractivity contribution is 7.97. The molecule has 0 spiro atoms. The molecular formula is C25H24N2O3S. The van der Waals surface area contributed by atoms with E-state index in [0.717, 1.165) is 23.1 Å². The Balaban J connectivity index is 1.64. The van der Waals surface area contributed by atoms with Crippen LogP contribution in [0.5, 0.6) is 0 Å². The van der Waals surface area contributed by atoms with E-state index in [4.69, 9.17) is 0 Å². The molecule has 4 rings (SSSR count). The number of rotatable bonds is 6. The van der Waals surface area contributed by atoms with E-state index in [9.17, 15) is 13.2 Å². The Morgan fingerprint density at radius 1 is 0.903 bits per heavy atom. The highest BCUT2D eigenvalue weighted by atomic mass is 32.2. The van der Waals surface area contributed by atoms with E-state index >= 15 is 0 Å². The molecule has 3 aromatic rings. The van der Waals surface area contributed by atoms with E-state index in [1.807, 2.05) is 61.5 Å². The average molecular weight is 433 g/mol. The van der Waals surface area contributed by atoms with Gasteiger partial charge in [-0.15, -0.1) is 0 Å². The smallest absolute Gasteiger partial charge is 0.270 e. The summed E-state index contributed by atoms with van der Waals surface area (Å²) >= 11 is 0. The summed E-state index contributed by atoms with van der Waals surface area (Å²) in [6, 6.07) is 24.5. The fourth-order valence-corrected chi connectivity index (χ4v) is 5.24. The van der Waals surface area contributed by atoms with Gasteiger partial charge in [0.05, 0.1) is 12.2 Å². The van der Waals surface area contributed by atoms with Gasteiger partial charge in [0, 0.05) is 18.3 Å². The maximum Gasteiger partial charge on any atom is 0.270 e. The molecule has 31 heavy (non-hydrogen) atoms. The normalized spacial score (nSPS) is 16.2. The molecule has 1 N–H and O–H groups in total. The molecule has 0 atom stereocenters. The van der Waals surface area contributed by atoms with Crippen molar-refractivity contribution in [3.63, 3.8) is 0 Å². The van der Waals surface area contributed by atoms with Gasteiger partial charge < -0.3 is 5.32 Å². The maximum atomic E-state index is 13.4. The van der Waals surface area contributed by atoms with Gasteiger partial charge in [-0.1, -0.05) is 72.3 Å². The van der Waals surface area contributed by atoms with Crippen LogP contribution in [0, 0.1) is 6.92 Å². The third-order valence-electron chi connectivity index (χ3n) is 5.25. The van der Waals surface area contributed by atoms with Crippen molar-refractivity contribution in [1.82, 2.24) is 5.32 Å². The lowest BCUT2D eigenvalue weighted by Crippen LogP contribution is -2.39. The van der Waals surface area contributed by atoms with Crippen LogP contribution >= 0.6 is 0 Å². The second-order valence-corrected chi connectivity index (χ2v) is 9.38. The van der Waals surface area contributed by atoms with Crippen molar-refractivity contribution < 1.29 is 13.2 Å². The minimum Gasteiger partial charge on any atom is -0.389 e. The van der Waals surface area contributed by atoms with Crippen LogP contribution in [0.3, 0.4) is 0 Å². The summed E-state index contributed by atoms with van der Waals surface area (Å²) in [4.78, 5) is 12.8. The van der Waals surface area contributed by atoms with Gasteiger partial charge in [0.15, 0.2) is 4.91 Å². The van der Waals surface area contributed by atoms with Gasteiger partial charge in [-0.3, -0.25) is 9.10 Å². The summed E-state index contributed by atoms with van der Waals surface area (Å²) < 4.78 is 28.2. The van der Waals surface area contributed by atoms with E-state index in [0.29, 0.717) is 17.8 Å². The number of nitrogens with zero attached hydrogens (tertiary/aromatic N) is 1. The first-order chi connectivity index (χ1) is 15.0. The molecule has 0 fully saturated rings. The van der Waals surface area contributed by atoms with E-state index in [1.165, 1.54) is 10.5 Å². The zero-order valence-corrected chi connectivity index (χ0v) is 18.1. The Labute approximate surface area is 183 Å². The molecule has 158 valence electrons. The zero-order valence-electron chi connectivity index (χ0n) is 17.3. The van der Waals surface area contributed by atoms with Crippen LogP contribution in [-0.2, 0) is 23.0 Å². The molecule has 0 aromatic heterocycles. The van der Waals surface area contributed by atoms with Gasteiger partial charge in [-0.25, -0.2) is 8.42 Å². The third kappa shape index (κ3) is 4.39. The van der Waals surface area contributed by atoms with Crippen molar-refractivity contribution in [1.29, 1.82) is 0 Å². The van der Waals surface area contributed by atoms with Gasteiger partial charge in [-0.05, 0) is 36.6 Å². The number of benzene rings is 3. The highest BCUT2D eigenvalue weighted by Crippen LogP contribution is 2.35. The summed E-state index contributed by atoms with van der Waals surface area (Å²) in [6.45, 7) is 2.65. The monoisotopic (exact) mass is 432 g/mol. The molecule has 6 heteroatoms. The number of para-hydroxylation sites is 1. The van der Waals surface area contributed by atoms with Gasteiger partial charge in [0.1, 0.15) is 0 Å². The van der Waals surface area contributed by atoms with Crippen molar-refractivity contribution in [2.45, 2.75) is 19.9 Å².